The normalized spacial score (nSPS) is 12.0. The van der Waals surface area contributed by atoms with Crippen LogP contribution in [0.1, 0.15) is 53.3 Å². The van der Waals surface area contributed by atoms with E-state index in [0.29, 0.717) is 12.6 Å². The molecule has 4 nitrogen and oxygen atoms in total. The minimum Gasteiger partial charge on any atom is -0.383 e. The number of aromatic nitrogens is 2. The number of rotatable bonds is 7. The van der Waals surface area contributed by atoms with Crippen LogP contribution in [0.2, 0.25) is 0 Å². The molecule has 0 saturated carbocycles. The molecule has 0 saturated heterocycles. The Morgan fingerprint density at radius 3 is 2.33 bits per heavy atom. The number of ether oxygens (including phenoxy) is 1. The maximum Gasteiger partial charge on any atom is 0.137 e. The Kier molecular flexibility index (Phi) is 7.07. The van der Waals surface area contributed by atoms with Crippen molar-refractivity contribution in [1.82, 2.24) is 9.97 Å². The third kappa shape index (κ3) is 5.22. The predicted molar refractivity (Wildman–Crippen MR) is 92.0 cm³/mol. The van der Waals surface area contributed by atoms with Crippen LogP contribution in [0, 0.1) is 0 Å². The molecule has 0 spiro atoms. The summed E-state index contributed by atoms with van der Waals surface area (Å²) in [6.45, 7) is 12.4. The van der Waals surface area contributed by atoms with Crippen LogP contribution in [0.5, 0.6) is 0 Å². The van der Waals surface area contributed by atoms with E-state index in [2.05, 4.69) is 60.4 Å². The predicted octanol–water partition coefficient (Wildman–Crippen LogP) is 4.18. The van der Waals surface area contributed by atoms with E-state index in [0.717, 1.165) is 35.6 Å². The van der Waals surface area contributed by atoms with Gasteiger partial charge in [0.15, 0.2) is 0 Å². The zero-order chi connectivity index (χ0) is 16.0. The fourth-order valence-electron chi connectivity index (χ4n) is 2.29. The number of nitrogens with zero attached hydrogens (tertiary/aromatic N) is 3. The smallest absolute Gasteiger partial charge is 0.137 e. The first-order valence-electron chi connectivity index (χ1n) is 7.64. The van der Waals surface area contributed by atoms with Crippen LogP contribution < -0.4 is 4.90 Å². The van der Waals surface area contributed by atoms with E-state index in [1.807, 2.05) is 6.07 Å². The molecule has 0 bridgehead atoms. The van der Waals surface area contributed by atoms with Crippen molar-refractivity contribution < 1.29 is 4.74 Å². The zero-order valence-corrected chi connectivity index (χ0v) is 15.7. The molecule has 0 fully saturated rings. The summed E-state index contributed by atoms with van der Waals surface area (Å²) < 4.78 is 6.10. The van der Waals surface area contributed by atoms with Crippen LogP contribution >= 0.6 is 15.9 Å². The summed E-state index contributed by atoms with van der Waals surface area (Å²) in [7, 11) is 1.74. The van der Waals surface area contributed by atoms with Crippen molar-refractivity contribution >= 4 is 21.7 Å². The molecule has 0 unspecified atom stereocenters. The third-order valence-corrected chi connectivity index (χ3v) is 3.97. The van der Waals surface area contributed by atoms with Gasteiger partial charge in [-0.05, 0) is 28.8 Å². The van der Waals surface area contributed by atoms with Crippen LogP contribution in [-0.2, 0) is 10.2 Å². The molecule has 5 heteroatoms. The van der Waals surface area contributed by atoms with E-state index in [9.17, 15) is 0 Å². The van der Waals surface area contributed by atoms with Crippen molar-refractivity contribution in [2.45, 2.75) is 58.9 Å². The molecule has 0 atom stereocenters. The molecular formula is C16H28BrN3O. The second kappa shape index (κ2) is 8.08. The lowest BCUT2D eigenvalue weighted by Gasteiger charge is -2.32. The molecule has 0 aromatic carbocycles. The molecule has 1 rings (SSSR count). The van der Waals surface area contributed by atoms with Crippen molar-refractivity contribution in [1.29, 1.82) is 0 Å². The molecule has 0 aliphatic carbocycles. The first-order chi connectivity index (χ1) is 9.83. The van der Waals surface area contributed by atoms with Gasteiger partial charge in [0.1, 0.15) is 16.2 Å². The summed E-state index contributed by atoms with van der Waals surface area (Å²) in [5.41, 5.74) is -0.0701. The number of halogens is 1. The van der Waals surface area contributed by atoms with E-state index in [1.165, 1.54) is 0 Å². The second-order valence-electron chi connectivity index (χ2n) is 6.28. The summed E-state index contributed by atoms with van der Waals surface area (Å²) >= 11 is 3.53. The van der Waals surface area contributed by atoms with Gasteiger partial charge in [-0.1, -0.05) is 34.6 Å². The number of methoxy groups -OCH3 is 1. The highest BCUT2D eigenvalue weighted by atomic mass is 79.9. The lowest BCUT2D eigenvalue weighted by molar-refractivity contribution is 0.202. The van der Waals surface area contributed by atoms with Crippen LogP contribution in [0.25, 0.3) is 0 Å². The average molecular weight is 358 g/mol. The van der Waals surface area contributed by atoms with E-state index >= 15 is 0 Å². The van der Waals surface area contributed by atoms with Crippen molar-refractivity contribution in [2.75, 3.05) is 25.2 Å². The highest BCUT2D eigenvalue weighted by molar-refractivity contribution is 9.10. The minimum absolute atomic E-state index is 0.0701. The summed E-state index contributed by atoms with van der Waals surface area (Å²) in [4.78, 5) is 11.7. The SMILES string of the molecule is CCC(CC)N(CCOC)c1cc(Br)nc(C(C)(C)C)n1. The lowest BCUT2D eigenvalue weighted by Crippen LogP contribution is -2.38. The monoisotopic (exact) mass is 357 g/mol. The van der Waals surface area contributed by atoms with Crippen molar-refractivity contribution in [3.05, 3.63) is 16.5 Å². The summed E-state index contributed by atoms with van der Waals surface area (Å²) in [6, 6.07) is 2.47. The Bertz CT molecular complexity index is 442. The molecule has 120 valence electrons. The average Bonchev–Trinajstić information content (AvgIpc) is 2.41. The fourth-order valence-corrected chi connectivity index (χ4v) is 2.66. The van der Waals surface area contributed by atoms with Gasteiger partial charge in [-0.2, -0.15) is 0 Å². The van der Waals surface area contributed by atoms with Gasteiger partial charge in [-0.25, -0.2) is 9.97 Å². The quantitative estimate of drug-likeness (QED) is 0.686. The molecule has 1 aromatic rings. The molecule has 1 heterocycles. The third-order valence-electron chi connectivity index (χ3n) is 3.57. The Morgan fingerprint density at radius 1 is 1.24 bits per heavy atom. The maximum atomic E-state index is 5.26. The number of hydrogen-bond donors (Lipinski definition) is 0. The molecule has 0 amide bonds. The second-order valence-corrected chi connectivity index (χ2v) is 7.09. The molecule has 0 aliphatic heterocycles. The van der Waals surface area contributed by atoms with Gasteiger partial charge in [0.25, 0.3) is 0 Å². The number of anilines is 1. The number of hydrogen-bond acceptors (Lipinski definition) is 4. The Morgan fingerprint density at radius 2 is 1.86 bits per heavy atom. The molecule has 0 aliphatic rings. The van der Waals surface area contributed by atoms with Crippen LogP contribution in [-0.4, -0.2) is 36.3 Å². The molecule has 21 heavy (non-hydrogen) atoms. The van der Waals surface area contributed by atoms with Gasteiger partial charge >= 0.3 is 0 Å². The van der Waals surface area contributed by atoms with Crippen LogP contribution in [0.4, 0.5) is 5.82 Å². The van der Waals surface area contributed by atoms with Gasteiger partial charge in [0.05, 0.1) is 6.61 Å². The maximum absolute atomic E-state index is 5.26. The largest absolute Gasteiger partial charge is 0.383 e. The van der Waals surface area contributed by atoms with Crippen molar-refractivity contribution in [3.63, 3.8) is 0 Å². The van der Waals surface area contributed by atoms with Gasteiger partial charge in [-0.3, -0.25) is 0 Å². The van der Waals surface area contributed by atoms with Crippen molar-refractivity contribution in [2.24, 2.45) is 0 Å². The van der Waals surface area contributed by atoms with Crippen molar-refractivity contribution in [3.8, 4) is 0 Å². The highest BCUT2D eigenvalue weighted by Gasteiger charge is 2.22. The van der Waals surface area contributed by atoms with Gasteiger partial charge < -0.3 is 9.64 Å². The van der Waals surface area contributed by atoms with Gasteiger partial charge in [0.2, 0.25) is 0 Å². The Balaban J connectivity index is 3.20. The van der Waals surface area contributed by atoms with Crippen LogP contribution in [0.3, 0.4) is 0 Å². The first kappa shape index (κ1) is 18.4. The summed E-state index contributed by atoms with van der Waals surface area (Å²) in [5.74, 6) is 1.84. The standard InChI is InChI=1S/C16H28BrN3O/c1-7-12(8-2)20(9-10-21-6)14-11-13(17)18-15(19-14)16(3,4)5/h11-12H,7-10H2,1-6H3. The van der Waals surface area contributed by atoms with Gasteiger partial charge in [0, 0.05) is 31.2 Å². The molecule has 0 radical (unpaired) electrons. The van der Waals surface area contributed by atoms with E-state index in [-0.39, 0.29) is 5.41 Å². The molecule has 0 N–H and O–H groups in total. The zero-order valence-electron chi connectivity index (χ0n) is 14.1. The van der Waals surface area contributed by atoms with E-state index in [4.69, 9.17) is 9.72 Å². The summed E-state index contributed by atoms with van der Waals surface area (Å²) in [5, 5.41) is 0. The fraction of sp³-hybridized carbons (Fsp3) is 0.750. The van der Waals surface area contributed by atoms with E-state index in [1.54, 1.807) is 7.11 Å². The van der Waals surface area contributed by atoms with Gasteiger partial charge in [-0.15, -0.1) is 0 Å². The van der Waals surface area contributed by atoms with E-state index < -0.39 is 0 Å². The Hall–Kier alpha value is -0.680. The highest BCUT2D eigenvalue weighted by Crippen LogP contribution is 2.26. The lowest BCUT2D eigenvalue weighted by atomic mass is 9.96. The summed E-state index contributed by atoms with van der Waals surface area (Å²) in [6.07, 6.45) is 2.18. The topological polar surface area (TPSA) is 38.2 Å². The first-order valence-corrected chi connectivity index (χ1v) is 8.43. The molecular weight excluding hydrogens is 330 g/mol. The molecule has 1 aromatic heterocycles. The minimum atomic E-state index is -0.0701. The Labute approximate surface area is 137 Å². The van der Waals surface area contributed by atoms with Crippen LogP contribution in [0.15, 0.2) is 10.7 Å².